The number of ketones is 1. The number of ether oxygens (including phenoxy) is 1. The first-order valence-electron chi connectivity index (χ1n) is 10.6. The molecule has 0 bridgehead atoms. The van der Waals surface area contributed by atoms with Crippen molar-refractivity contribution in [1.82, 2.24) is 20.3 Å². The van der Waals surface area contributed by atoms with Gasteiger partial charge in [-0.3, -0.25) is 14.6 Å². The molecule has 8 heteroatoms. The third kappa shape index (κ3) is 4.28. The smallest absolute Gasteiger partial charge is 0.261 e. The van der Waals surface area contributed by atoms with Crippen molar-refractivity contribution in [3.05, 3.63) is 53.1 Å². The molecule has 2 aromatic heterocycles. The van der Waals surface area contributed by atoms with E-state index in [2.05, 4.69) is 20.3 Å². The van der Waals surface area contributed by atoms with Crippen LogP contribution in [0, 0.1) is 5.92 Å². The summed E-state index contributed by atoms with van der Waals surface area (Å²) in [5, 5.41) is 3.73. The molecular weight excluding hydrogens is 416 g/mol. The highest BCUT2D eigenvalue weighted by atomic mass is 35.5. The number of fused-ring (bicyclic) bond motifs is 2. The fourth-order valence-electron chi connectivity index (χ4n) is 4.50. The van der Waals surface area contributed by atoms with Gasteiger partial charge in [0.25, 0.3) is 5.91 Å². The van der Waals surface area contributed by atoms with Crippen molar-refractivity contribution < 1.29 is 14.3 Å². The maximum Gasteiger partial charge on any atom is 0.261 e. The molecule has 1 aromatic carbocycles. The number of hydrogen-bond donors (Lipinski definition) is 2. The summed E-state index contributed by atoms with van der Waals surface area (Å²) in [5.41, 5.74) is 2.53. The van der Waals surface area contributed by atoms with E-state index in [1.54, 1.807) is 24.5 Å². The number of pyridine rings is 1. The summed E-state index contributed by atoms with van der Waals surface area (Å²) in [7, 11) is 0. The van der Waals surface area contributed by atoms with E-state index in [0.717, 1.165) is 42.3 Å². The van der Waals surface area contributed by atoms with Crippen LogP contribution in [0.15, 0.2) is 36.7 Å². The molecule has 1 amide bonds. The van der Waals surface area contributed by atoms with E-state index in [0.29, 0.717) is 35.4 Å². The topological polar surface area (TPSA) is 97.0 Å². The number of halogens is 1. The monoisotopic (exact) mass is 438 g/mol. The van der Waals surface area contributed by atoms with Gasteiger partial charge in [0.05, 0.1) is 17.2 Å². The Morgan fingerprint density at radius 1 is 1.19 bits per heavy atom. The number of hydrogen-bond acceptors (Lipinski definition) is 5. The minimum Gasteiger partial charge on any atom is -0.478 e. The van der Waals surface area contributed by atoms with Gasteiger partial charge in [0, 0.05) is 35.7 Å². The van der Waals surface area contributed by atoms with Crippen LogP contribution >= 0.6 is 11.6 Å². The van der Waals surface area contributed by atoms with Crippen molar-refractivity contribution in [2.75, 3.05) is 0 Å². The Bertz CT molecular complexity index is 1110. The van der Waals surface area contributed by atoms with E-state index < -0.39 is 6.10 Å². The molecule has 0 saturated heterocycles. The van der Waals surface area contributed by atoms with Crippen molar-refractivity contribution in [2.45, 2.75) is 50.7 Å². The maximum atomic E-state index is 12.7. The van der Waals surface area contributed by atoms with Gasteiger partial charge in [-0.2, -0.15) is 0 Å². The van der Waals surface area contributed by atoms with E-state index in [9.17, 15) is 9.59 Å². The molecule has 7 nitrogen and oxygen atoms in total. The minimum atomic E-state index is -0.486. The molecule has 1 saturated carbocycles. The molecule has 3 aromatic rings. The number of carbonyl (C=O) groups excluding carboxylic acids is 2. The quantitative estimate of drug-likeness (QED) is 0.589. The number of rotatable bonds is 5. The third-order valence-corrected chi connectivity index (χ3v) is 6.45. The Kier molecular flexibility index (Phi) is 5.36. The van der Waals surface area contributed by atoms with Gasteiger partial charge < -0.3 is 15.0 Å². The second-order valence-electron chi connectivity index (χ2n) is 8.39. The number of amides is 1. The van der Waals surface area contributed by atoms with Crippen LogP contribution in [0.25, 0.3) is 11.0 Å². The molecule has 5 rings (SSSR count). The number of H-pyrrole nitrogens is 1. The van der Waals surface area contributed by atoms with Crippen molar-refractivity contribution >= 4 is 34.3 Å². The first kappa shape index (κ1) is 20.0. The van der Waals surface area contributed by atoms with Gasteiger partial charge in [-0.1, -0.05) is 11.6 Å². The first-order valence-corrected chi connectivity index (χ1v) is 11.0. The lowest BCUT2D eigenvalue weighted by molar-refractivity contribution is -0.128. The molecule has 0 spiro atoms. The maximum absolute atomic E-state index is 12.7. The van der Waals surface area contributed by atoms with Crippen LogP contribution in [0.4, 0.5) is 0 Å². The molecule has 1 unspecified atom stereocenters. The molecule has 1 aliphatic carbocycles. The number of nitrogens with one attached hydrogen (secondary N) is 2. The summed E-state index contributed by atoms with van der Waals surface area (Å²) in [6, 6.07) is 7.36. The summed E-state index contributed by atoms with van der Waals surface area (Å²) >= 11 is 6.00. The molecule has 2 N–H and O–H groups in total. The Hall–Kier alpha value is -2.93. The Balaban J connectivity index is 1.11. The highest BCUT2D eigenvalue weighted by Crippen LogP contribution is 2.30. The van der Waals surface area contributed by atoms with Crippen LogP contribution in [0.2, 0.25) is 5.02 Å². The average molecular weight is 439 g/mol. The molecule has 1 aliphatic heterocycles. The Labute approximate surface area is 184 Å². The number of aromatic amines is 1. The van der Waals surface area contributed by atoms with Crippen LogP contribution in [0.1, 0.15) is 48.3 Å². The van der Waals surface area contributed by atoms with Crippen molar-refractivity contribution in [1.29, 1.82) is 0 Å². The van der Waals surface area contributed by atoms with Crippen LogP contribution in [-0.2, 0) is 11.2 Å². The number of Topliss-reactive ketones (excluding diaryl/α,β-unsaturated/α-hetero) is 1. The summed E-state index contributed by atoms with van der Waals surface area (Å²) in [5.74, 6) is 1.33. The van der Waals surface area contributed by atoms with E-state index in [1.165, 1.54) is 0 Å². The minimum absolute atomic E-state index is 0.0190. The largest absolute Gasteiger partial charge is 0.478 e. The second-order valence-corrected chi connectivity index (χ2v) is 8.83. The van der Waals surface area contributed by atoms with Gasteiger partial charge in [0.1, 0.15) is 5.75 Å². The van der Waals surface area contributed by atoms with Crippen LogP contribution < -0.4 is 10.1 Å². The van der Waals surface area contributed by atoms with Gasteiger partial charge in [-0.25, -0.2) is 4.98 Å². The average Bonchev–Trinajstić information content (AvgIpc) is 3.39. The SMILES string of the molecule is O=C(CC1CCC(NC(=O)C2Cc3ccncc3O2)CC1)c1nc2ccc(Cl)cc2[nH]1. The molecule has 3 heterocycles. The van der Waals surface area contributed by atoms with Gasteiger partial charge in [-0.05, 0) is 55.9 Å². The van der Waals surface area contributed by atoms with Crippen molar-refractivity contribution in [3.8, 4) is 5.75 Å². The summed E-state index contributed by atoms with van der Waals surface area (Å²) in [4.78, 5) is 36.8. The lowest BCUT2D eigenvalue weighted by atomic mass is 9.83. The number of aromatic nitrogens is 3. The fraction of sp³-hybridized carbons (Fsp3) is 0.391. The predicted octanol–water partition coefficient (Wildman–Crippen LogP) is 3.86. The van der Waals surface area contributed by atoms with Crippen molar-refractivity contribution in [2.24, 2.45) is 5.92 Å². The van der Waals surface area contributed by atoms with Gasteiger partial charge in [0.15, 0.2) is 17.7 Å². The van der Waals surface area contributed by atoms with Crippen LogP contribution in [0.3, 0.4) is 0 Å². The number of imidazole rings is 1. The standard InChI is InChI=1S/C23H23ClN4O3/c24-15-3-6-17-18(11-15)28-22(27-17)19(29)9-13-1-4-16(5-2-13)26-23(30)20-10-14-7-8-25-12-21(14)31-20/h3,6-8,11-13,16,20H,1-2,4-5,9-10H2,(H,26,30)(H,27,28). The number of carbonyl (C=O) groups is 2. The van der Waals surface area contributed by atoms with Gasteiger partial charge in [0.2, 0.25) is 0 Å². The Morgan fingerprint density at radius 2 is 2.03 bits per heavy atom. The Morgan fingerprint density at radius 3 is 2.84 bits per heavy atom. The van der Waals surface area contributed by atoms with Crippen LogP contribution in [0.5, 0.6) is 5.75 Å². The van der Waals surface area contributed by atoms with E-state index >= 15 is 0 Å². The van der Waals surface area contributed by atoms with Gasteiger partial charge >= 0.3 is 0 Å². The zero-order valence-corrected chi connectivity index (χ0v) is 17.7. The molecule has 1 atom stereocenters. The highest BCUT2D eigenvalue weighted by Gasteiger charge is 2.32. The van der Waals surface area contributed by atoms with E-state index in [1.807, 2.05) is 12.1 Å². The zero-order valence-electron chi connectivity index (χ0n) is 16.9. The lowest BCUT2D eigenvalue weighted by Gasteiger charge is -2.29. The number of nitrogens with zero attached hydrogens (tertiary/aromatic N) is 2. The van der Waals surface area contributed by atoms with E-state index in [-0.39, 0.29) is 17.7 Å². The summed E-state index contributed by atoms with van der Waals surface area (Å²) in [6.07, 6.45) is 7.45. The molecule has 160 valence electrons. The zero-order chi connectivity index (χ0) is 21.4. The highest BCUT2D eigenvalue weighted by molar-refractivity contribution is 6.31. The normalized spacial score (nSPS) is 22.7. The second kappa shape index (κ2) is 8.30. The lowest BCUT2D eigenvalue weighted by Crippen LogP contribution is -2.44. The van der Waals surface area contributed by atoms with Crippen LogP contribution in [-0.4, -0.2) is 38.8 Å². The predicted molar refractivity (Wildman–Crippen MR) is 116 cm³/mol. The van der Waals surface area contributed by atoms with Crippen molar-refractivity contribution in [3.63, 3.8) is 0 Å². The van der Waals surface area contributed by atoms with Gasteiger partial charge in [-0.15, -0.1) is 0 Å². The summed E-state index contributed by atoms with van der Waals surface area (Å²) < 4.78 is 5.73. The molecular formula is C23H23ClN4O3. The first-order chi connectivity index (χ1) is 15.0. The third-order valence-electron chi connectivity index (χ3n) is 6.21. The van der Waals surface area contributed by atoms with E-state index in [4.69, 9.17) is 16.3 Å². The molecule has 1 fully saturated rings. The molecule has 0 radical (unpaired) electrons. The molecule has 31 heavy (non-hydrogen) atoms. The summed E-state index contributed by atoms with van der Waals surface area (Å²) in [6.45, 7) is 0. The number of benzene rings is 1. The fourth-order valence-corrected chi connectivity index (χ4v) is 4.67. The molecule has 2 aliphatic rings.